The Kier molecular flexibility index (Phi) is 3.01. The molecule has 16 heavy (non-hydrogen) atoms. The minimum Gasteiger partial charge on any atom is -0.396 e. The van der Waals surface area contributed by atoms with Crippen LogP contribution in [0.5, 0.6) is 0 Å². The van der Waals surface area contributed by atoms with E-state index in [2.05, 4.69) is 10.4 Å². The molecule has 1 heterocycles. The molecule has 0 aliphatic heterocycles. The molecular weight excluding hydrogens is 224 g/mol. The molecule has 0 atom stereocenters. The fourth-order valence-electron chi connectivity index (χ4n) is 1.45. The lowest BCUT2D eigenvalue weighted by Crippen LogP contribution is -2.02. The first-order chi connectivity index (χ1) is 7.66. The van der Waals surface area contributed by atoms with E-state index in [-0.39, 0.29) is 0 Å². The zero-order valence-electron chi connectivity index (χ0n) is 8.94. The Balaban J connectivity index is 2.07. The van der Waals surface area contributed by atoms with Crippen molar-refractivity contribution < 1.29 is 0 Å². The third kappa shape index (κ3) is 2.28. The number of nitrogen functional groups attached to an aromatic ring is 1. The molecule has 1 aromatic heterocycles. The second-order valence-corrected chi connectivity index (χ2v) is 3.98. The number of para-hydroxylation sites is 1. The van der Waals surface area contributed by atoms with Crippen LogP contribution in [0.3, 0.4) is 0 Å². The van der Waals surface area contributed by atoms with Crippen LogP contribution in [0.1, 0.15) is 5.56 Å². The van der Waals surface area contributed by atoms with Gasteiger partial charge in [0.15, 0.2) is 0 Å². The Morgan fingerprint density at radius 1 is 1.50 bits per heavy atom. The molecule has 3 N–H and O–H groups in total. The second kappa shape index (κ2) is 4.45. The number of nitrogens with two attached hydrogens (primary N) is 1. The van der Waals surface area contributed by atoms with E-state index < -0.39 is 0 Å². The van der Waals surface area contributed by atoms with E-state index in [1.165, 1.54) is 0 Å². The van der Waals surface area contributed by atoms with Crippen LogP contribution in [-0.2, 0) is 13.6 Å². The highest BCUT2D eigenvalue weighted by Crippen LogP contribution is 2.26. The van der Waals surface area contributed by atoms with Crippen LogP contribution in [-0.4, -0.2) is 9.78 Å². The van der Waals surface area contributed by atoms with Gasteiger partial charge in [0.2, 0.25) is 0 Å². The minimum atomic E-state index is 0.566. The maximum atomic E-state index is 5.92. The summed E-state index contributed by atoms with van der Waals surface area (Å²) in [5, 5.41) is 7.87. The van der Waals surface area contributed by atoms with Crippen molar-refractivity contribution in [2.45, 2.75) is 6.54 Å². The SMILES string of the molecule is Cn1cc(CNc2cccc(Cl)c2N)cn1. The van der Waals surface area contributed by atoms with Gasteiger partial charge in [-0.05, 0) is 12.1 Å². The van der Waals surface area contributed by atoms with Gasteiger partial charge >= 0.3 is 0 Å². The third-order valence-corrected chi connectivity index (χ3v) is 2.62. The predicted molar refractivity (Wildman–Crippen MR) is 66.4 cm³/mol. The Morgan fingerprint density at radius 2 is 2.31 bits per heavy atom. The lowest BCUT2D eigenvalue weighted by molar-refractivity contribution is 0.767. The van der Waals surface area contributed by atoms with Gasteiger partial charge in [0.05, 0.1) is 22.6 Å². The highest BCUT2D eigenvalue weighted by Gasteiger charge is 2.02. The van der Waals surface area contributed by atoms with E-state index >= 15 is 0 Å². The first-order valence-electron chi connectivity index (χ1n) is 4.92. The molecule has 0 bridgehead atoms. The molecule has 2 rings (SSSR count). The highest BCUT2D eigenvalue weighted by atomic mass is 35.5. The number of halogens is 1. The molecule has 0 unspecified atom stereocenters. The molecule has 4 nitrogen and oxygen atoms in total. The highest BCUT2D eigenvalue weighted by molar-refractivity contribution is 6.33. The minimum absolute atomic E-state index is 0.566. The number of benzene rings is 1. The summed E-state index contributed by atoms with van der Waals surface area (Å²) in [7, 11) is 1.89. The van der Waals surface area contributed by atoms with Gasteiger partial charge in [-0.1, -0.05) is 17.7 Å². The van der Waals surface area contributed by atoms with Crippen LogP contribution >= 0.6 is 11.6 Å². The summed E-state index contributed by atoms with van der Waals surface area (Å²) in [4.78, 5) is 0. The Hall–Kier alpha value is -1.68. The predicted octanol–water partition coefficient (Wildman–Crippen LogP) is 2.27. The summed E-state index contributed by atoms with van der Waals surface area (Å²) in [6, 6.07) is 5.54. The van der Waals surface area contributed by atoms with E-state index in [0.717, 1.165) is 11.3 Å². The maximum absolute atomic E-state index is 5.92. The molecule has 0 aliphatic rings. The summed E-state index contributed by atoms with van der Waals surface area (Å²) in [5.74, 6) is 0. The largest absolute Gasteiger partial charge is 0.396 e. The Labute approximate surface area is 99.0 Å². The van der Waals surface area contributed by atoms with Gasteiger partial charge < -0.3 is 11.1 Å². The molecule has 0 spiro atoms. The van der Waals surface area contributed by atoms with Gasteiger partial charge in [-0.3, -0.25) is 4.68 Å². The number of aryl methyl sites for hydroxylation is 1. The van der Waals surface area contributed by atoms with Gasteiger partial charge in [0, 0.05) is 25.4 Å². The zero-order valence-corrected chi connectivity index (χ0v) is 9.70. The first kappa shape index (κ1) is 10.8. The van der Waals surface area contributed by atoms with Crippen molar-refractivity contribution in [3.63, 3.8) is 0 Å². The molecule has 2 aromatic rings. The van der Waals surface area contributed by atoms with Crippen LogP contribution in [0.15, 0.2) is 30.6 Å². The van der Waals surface area contributed by atoms with Crippen LogP contribution in [0, 0.1) is 0 Å². The zero-order chi connectivity index (χ0) is 11.5. The summed E-state index contributed by atoms with van der Waals surface area (Å²) in [6.07, 6.45) is 3.77. The van der Waals surface area contributed by atoms with Gasteiger partial charge in [-0.25, -0.2) is 0 Å². The number of anilines is 2. The van der Waals surface area contributed by atoms with Crippen molar-refractivity contribution in [2.24, 2.45) is 7.05 Å². The van der Waals surface area contributed by atoms with E-state index in [0.29, 0.717) is 17.3 Å². The van der Waals surface area contributed by atoms with Crippen LogP contribution in [0.4, 0.5) is 11.4 Å². The van der Waals surface area contributed by atoms with E-state index in [1.54, 1.807) is 10.7 Å². The topological polar surface area (TPSA) is 55.9 Å². The summed E-state index contributed by atoms with van der Waals surface area (Å²) in [6.45, 7) is 0.679. The van der Waals surface area contributed by atoms with Crippen molar-refractivity contribution in [3.05, 3.63) is 41.2 Å². The summed E-state index contributed by atoms with van der Waals surface area (Å²) in [5.41, 5.74) is 8.36. The summed E-state index contributed by atoms with van der Waals surface area (Å²) < 4.78 is 1.76. The number of nitrogens with one attached hydrogen (secondary N) is 1. The molecule has 0 amide bonds. The summed E-state index contributed by atoms with van der Waals surface area (Å²) >= 11 is 5.92. The fourth-order valence-corrected chi connectivity index (χ4v) is 1.63. The van der Waals surface area contributed by atoms with Crippen LogP contribution in [0.25, 0.3) is 0 Å². The van der Waals surface area contributed by atoms with E-state index in [1.807, 2.05) is 31.6 Å². The van der Waals surface area contributed by atoms with Crippen molar-refractivity contribution in [1.29, 1.82) is 0 Å². The lowest BCUT2D eigenvalue weighted by Gasteiger charge is -2.08. The first-order valence-corrected chi connectivity index (χ1v) is 5.30. The lowest BCUT2D eigenvalue weighted by atomic mass is 10.2. The van der Waals surface area contributed by atoms with E-state index in [9.17, 15) is 0 Å². The number of hydrogen-bond acceptors (Lipinski definition) is 3. The molecule has 0 saturated heterocycles. The molecule has 84 valence electrons. The van der Waals surface area contributed by atoms with E-state index in [4.69, 9.17) is 17.3 Å². The number of hydrogen-bond donors (Lipinski definition) is 2. The van der Waals surface area contributed by atoms with Gasteiger partial charge in [-0.2, -0.15) is 5.10 Å². The molecule has 1 aromatic carbocycles. The van der Waals surface area contributed by atoms with Gasteiger partial charge in [-0.15, -0.1) is 0 Å². The second-order valence-electron chi connectivity index (χ2n) is 3.58. The molecule has 5 heteroatoms. The Morgan fingerprint density at radius 3 is 3.00 bits per heavy atom. The normalized spacial score (nSPS) is 10.4. The molecule has 0 saturated carbocycles. The molecular formula is C11H13ClN4. The van der Waals surface area contributed by atoms with Gasteiger partial charge in [0.25, 0.3) is 0 Å². The molecule has 0 fully saturated rings. The monoisotopic (exact) mass is 236 g/mol. The smallest absolute Gasteiger partial charge is 0.0739 e. The standard InChI is InChI=1S/C11H13ClN4/c1-16-7-8(6-15-16)5-14-10-4-2-3-9(12)11(10)13/h2-4,6-7,14H,5,13H2,1H3. The van der Waals surface area contributed by atoms with Crippen LogP contribution < -0.4 is 11.1 Å². The Bertz CT molecular complexity index is 492. The molecule has 0 aliphatic carbocycles. The number of rotatable bonds is 3. The average molecular weight is 237 g/mol. The number of nitrogens with zero attached hydrogens (tertiary/aromatic N) is 2. The van der Waals surface area contributed by atoms with Gasteiger partial charge in [0.1, 0.15) is 0 Å². The number of aromatic nitrogens is 2. The average Bonchev–Trinajstić information content (AvgIpc) is 2.67. The quantitative estimate of drug-likeness (QED) is 0.804. The maximum Gasteiger partial charge on any atom is 0.0739 e. The van der Waals surface area contributed by atoms with Crippen molar-refractivity contribution in [3.8, 4) is 0 Å². The van der Waals surface area contributed by atoms with Crippen molar-refractivity contribution >= 4 is 23.0 Å². The van der Waals surface area contributed by atoms with Crippen molar-refractivity contribution in [1.82, 2.24) is 9.78 Å². The fraction of sp³-hybridized carbons (Fsp3) is 0.182. The van der Waals surface area contributed by atoms with Crippen molar-refractivity contribution in [2.75, 3.05) is 11.1 Å². The third-order valence-electron chi connectivity index (χ3n) is 2.29. The molecule has 0 radical (unpaired) electrons. The van der Waals surface area contributed by atoms with Crippen LogP contribution in [0.2, 0.25) is 5.02 Å².